The van der Waals surface area contributed by atoms with Gasteiger partial charge in [-0.15, -0.1) is 0 Å². The Kier molecular flexibility index (Phi) is 2.41. The summed E-state index contributed by atoms with van der Waals surface area (Å²) in [7, 11) is 0. The molecule has 0 fully saturated rings. The van der Waals surface area contributed by atoms with Gasteiger partial charge in [0.05, 0.1) is 5.69 Å². The van der Waals surface area contributed by atoms with Crippen LogP contribution >= 0.6 is 0 Å². The molecular weight excluding hydrogens is 228 g/mol. The SMILES string of the molecule is Nc1ccc2c(c1)NC(=O)C(c1ccccc1)O2. The fourth-order valence-electron chi connectivity index (χ4n) is 1.97. The van der Waals surface area contributed by atoms with Gasteiger partial charge in [-0.05, 0) is 18.2 Å². The molecule has 1 amide bonds. The van der Waals surface area contributed by atoms with Gasteiger partial charge >= 0.3 is 0 Å². The number of ether oxygens (including phenoxy) is 1. The van der Waals surface area contributed by atoms with E-state index < -0.39 is 6.10 Å². The van der Waals surface area contributed by atoms with Crippen molar-refractivity contribution >= 4 is 17.3 Å². The van der Waals surface area contributed by atoms with Gasteiger partial charge in [-0.2, -0.15) is 0 Å². The minimum absolute atomic E-state index is 0.181. The summed E-state index contributed by atoms with van der Waals surface area (Å²) in [5, 5.41) is 2.81. The van der Waals surface area contributed by atoms with E-state index >= 15 is 0 Å². The molecule has 0 spiro atoms. The van der Waals surface area contributed by atoms with Crippen molar-refractivity contribution in [2.45, 2.75) is 6.10 Å². The first-order valence-corrected chi connectivity index (χ1v) is 5.66. The van der Waals surface area contributed by atoms with Crippen LogP contribution in [0.15, 0.2) is 48.5 Å². The highest BCUT2D eigenvalue weighted by Gasteiger charge is 2.28. The van der Waals surface area contributed by atoms with Crippen LogP contribution in [0.2, 0.25) is 0 Å². The predicted octanol–water partition coefficient (Wildman–Crippen LogP) is 2.34. The number of benzene rings is 2. The number of anilines is 2. The first kappa shape index (κ1) is 10.7. The van der Waals surface area contributed by atoms with E-state index in [0.29, 0.717) is 17.1 Å². The number of rotatable bonds is 1. The summed E-state index contributed by atoms with van der Waals surface area (Å²) in [6.45, 7) is 0. The molecule has 90 valence electrons. The third kappa shape index (κ3) is 1.78. The lowest BCUT2D eigenvalue weighted by molar-refractivity contribution is -0.123. The van der Waals surface area contributed by atoms with Crippen molar-refractivity contribution in [3.63, 3.8) is 0 Å². The molecule has 2 aromatic rings. The van der Waals surface area contributed by atoms with Crippen molar-refractivity contribution in [3.8, 4) is 5.75 Å². The lowest BCUT2D eigenvalue weighted by Gasteiger charge is -2.26. The molecule has 0 saturated heterocycles. The maximum absolute atomic E-state index is 12.0. The van der Waals surface area contributed by atoms with Crippen LogP contribution in [-0.2, 0) is 4.79 Å². The zero-order valence-corrected chi connectivity index (χ0v) is 9.59. The smallest absolute Gasteiger partial charge is 0.270 e. The fraction of sp³-hybridized carbons (Fsp3) is 0.0714. The Morgan fingerprint density at radius 2 is 1.89 bits per heavy atom. The van der Waals surface area contributed by atoms with Crippen molar-refractivity contribution in [1.82, 2.24) is 0 Å². The Balaban J connectivity index is 1.97. The number of nitrogens with two attached hydrogens (primary N) is 1. The average Bonchev–Trinajstić information content (AvgIpc) is 2.39. The van der Waals surface area contributed by atoms with E-state index in [-0.39, 0.29) is 5.91 Å². The lowest BCUT2D eigenvalue weighted by Crippen LogP contribution is -2.30. The molecule has 0 aliphatic carbocycles. The van der Waals surface area contributed by atoms with Gasteiger partial charge in [0.2, 0.25) is 6.10 Å². The van der Waals surface area contributed by atoms with Crippen molar-refractivity contribution < 1.29 is 9.53 Å². The number of nitrogens with one attached hydrogen (secondary N) is 1. The highest BCUT2D eigenvalue weighted by atomic mass is 16.5. The summed E-state index contributed by atoms with van der Waals surface area (Å²) in [5.74, 6) is 0.456. The largest absolute Gasteiger partial charge is 0.474 e. The van der Waals surface area contributed by atoms with E-state index in [2.05, 4.69) is 5.32 Å². The average molecular weight is 240 g/mol. The summed E-state index contributed by atoms with van der Waals surface area (Å²) in [6.07, 6.45) is -0.609. The number of hydrogen-bond donors (Lipinski definition) is 2. The minimum atomic E-state index is -0.609. The first-order chi connectivity index (χ1) is 8.74. The first-order valence-electron chi connectivity index (χ1n) is 5.66. The summed E-state index contributed by atoms with van der Waals surface area (Å²) in [6, 6.07) is 14.6. The van der Waals surface area contributed by atoms with Crippen molar-refractivity contribution in [2.24, 2.45) is 0 Å². The predicted molar refractivity (Wildman–Crippen MR) is 69.3 cm³/mol. The molecule has 2 aromatic carbocycles. The molecule has 0 saturated carbocycles. The number of nitrogen functional groups attached to an aromatic ring is 1. The molecule has 1 unspecified atom stereocenters. The summed E-state index contributed by atoms with van der Waals surface area (Å²) in [4.78, 5) is 12.0. The quantitative estimate of drug-likeness (QED) is 0.752. The monoisotopic (exact) mass is 240 g/mol. The van der Waals surface area contributed by atoms with Crippen molar-refractivity contribution in [2.75, 3.05) is 11.1 Å². The molecule has 1 aliphatic heterocycles. The highest BCUT2D eigenvalue weighted by Crippen LogP contribution is 2.35. The number of fused-ring (bicyclic) bond motifs is 1. The van der Waals surface area contributed by atoms with Gasteiger partial charge in [-0.25, -0.2) is 0 Å². The van der Waals surface area contributed by atoms with Gasteiger partial charge in [-0.1, -0.05) is 30.3 Å². The molecule has 18 heavy (non-hydrogen) atoms. The Labute approximate surface area is 104 Å². The van der Waals surface area contributed by atoms with Crippen LogP contribution < -0.4 is 15.8 Å². The second-order valence-corrected chi connectivity index (χ2v) is 4.15. The molecule has 1 atom stereocenters. The summed E-state index contributed by atoms with van der Waals surface area (Å²) < 4.78 is 5.72. The minimum Gasteiger partial charge on any atom is -0.474 e. The van der Waals surface area contributed by atoms with Gasteiger partial charge < -0.3 is 15.8 Å². The number of amides is 1. The van der Waals surface area contributed by atoms with Gasteiger partial charge in [0, 0.05) is 11.3 Å². The van der Waals surface area contributed by atoms with E-state index in [1.165, 1.54) is 0 Å². The topological polar surface area (TPSA) is 64.3 Å². The molecule has 4 heteroatoms. The van der Waals surface area contributed by atoms with E-state index in [1.54, 1.807) is 18.2 Å². The maximum Gasteiger partial charge on any atom is 0.270 e. The summed E-state index contributed by atoms with van der Waals surface area (Å²) >= 11 is 0. The molecule has 0 bridgehead atoms. The second-order valence-electron chi connectivity index (χ2n) is 4.15. The Morgan fingerprint density at radius 1 is 1.11 bits per heavy atom. The number of carbonyl (C=O) groups excluding carboxylic acids is 1. The van der Waals surface area contributed by atoms with Crippen LogP contribution in [0.3, 0.4) is 0 Å². The normalized spacial score (nSPS) is 17.6. The molecule has 3 rings (SSSR count). The second kappa shape index (κ2) is 4.07. The van der Waals surface area contributed by atoms with Gasteiger partial charge in [0.25, 0.3) is 5.91 Å². The van der Waals surface area contributed by atoms with Crippen LogP contribution in [-0.4, -0.2) is 5.91 Å². The van der Waals surface area contributed by atoms with Gasteiger partial charge in [-0.3, -0.25) is 4.79 Å². The third-order valence-corrected chi connectivity index (χ3v) is 2.85. The standard InChI is InChI=1S/C14H12N2O2/c15-10-6-7-12-11(8-10)16-14(17)13(18-12)9-4-2-1-3-5-9/h1-8,13H,15H2,(H,16,17). The lowest BCUT2D eigenvalue weighted by atomic mass is 10.1. The zero-order valence-electron chi connectivity index (χ0n) is 9.59. The molecule has 0 radical (unpaired) electrons. The molecule has 3 N–H and O–H groups in total. The Bertz CT molecular complexity index is 596. The zero-order chi connectivity index (χ0) is 12.5. The number of hydrogen-bond acceptors (Lipinski definition) is 3. The van der Waals surface area contributed by atoms with E-state index in [1.807, 2.05) is 30.3 Å². The molecule has 0 aromatic heterocycles. The van der Waals surface area contributed by atoms with E-state index in [0.717, 1.165) is 5.56 Å². The van der Waals surface area contributed by atoms with Gasteiger partial charge in [0.1, 0.15) is 5.75 Å². The van der Waals surface area contributed by atoms with Crippen LogP contribution in [0.4, 0.5) is 11.4 Å². The Morgan fingerprint density at radius 3 is 2.67 bits per heavy atom. The molecule has 4 nitrogen and oxygen atoms in total. The van der Waals surface area contributed by atoms with E-state index in [9.17, 15) is 4.79 Å². The maximum atomic E-state index is 12.0. The van der Waals surface area contributed by atoms with E-state index in [4.69, 9.17) is 10.5 Å². The van der Waals surface area contributed by atoms with Crippen LogP contribution in [0.5, 0.6) is 5.75 Å². The Hall–Kier alpha value is -2.49. The fourth-order valence-corrected chi connectivity index (χ4v) is 1.97. The van der Waals surface area contributed by atoms with Crippen LogP contribution in [0, 0.1) is 0 Å². The third-order valence-electron chi connectivity index (χ3n) is 2.85. The number of carbonyl (C=O) groups is 1. The van der Waals surface area contributed by atoms with Crippen molar-refractivity contribution in [3.05, 3.63) is 54.1 Å². The van der Waals surface area contributed by atoms with Gasteiger partial charge in [0.15, 0.2) is 0 Å². The molecule has 1 aliphatic rings. The van der Waals surface area contributed by atoms with Crippen LogP contribution in [0.1, 0.15) is 11.7 Å². The summed E-state index contributed by atoms with van der Waals surface area (Å²) in [5.41, 5.74) is 7.71. The molecule has 1 heterocycles. The van der Waals surface area contributed by atoms with Crippen molar-refractivity contribution in [1.29, 1.82) is 0 Å². The highest BCUT2D eigenvalue weighted by molar-refractivity contribution is 5.98. The van der Waals surface area contributed by atoms with Crippen LogP contribution in [0.25, 0.3) is 0 Å². The molecular formula is C14H12N2O2.